The first-order chi connectivity index (χ1) is 11.3. The number of fused-ring (bicyclic) bond motifs is 1. The monoisotopic (exact) mass is 323 g/mol. The number of nitrogens with zero attached hydrogens (tertiary/aromatic N) is 3. The van der Waals surface area contributed by atoms with Gasteiger partial charge in [0, 0.05) is 19.5 Å². The summed E-state index contributed by atoms with van der Waals surface area (Å²) in [5, 5.41) is 11.2. The van der Waals surface area contributed by atoms with E-state index >= 15 is 0 Å². The van der Waals surface area contributed by atoms with Crippen molar-refractivity contribution in [2.75, 3.05) is 19.0 Å². The van der Waals surface area contributed by atoms with E-state index in [1.807, 2.05) is 67.5 Å². The number of para-hydroxylation sites is 1. The zero-order chi connectivity index (χ0) is 17.5. The molecule has 0 saturated carbocycles. The summed E-state index contributed by atoms with van der Waals surface area (Å²) in [6.07, 6.45) is 0. The Morgan fingerprint density at radius 3 is 2.33 bits per heavy atom. The summed E-state index contributed by atoms with van der Waals surface area (Å²) in [6.45, 7) is 3.46. The third-order valence-electron chi connectivity index (χ3n) is 4.02. The Hall–Kier alpha value is -2.66. The number of hydrogen-bond acceptors (Lipinski definition) is 4. The topological polar surface area (TPSA) is 58.4 Å². The molecular formula is C19H21N3O2. The van der Waals surface area contributed by atoms with E-state index in [-0.39, 0.29) is 5.69 Å². The summed E-state index contributed by atoms with van der Waals surface area (Å²) in [6, 6.07) is 15.0. The van der Waals surface area contributed by atoms with Gasteiger partial charge in [0.25, 0.3) is 0 Å². The molecule has 1 N–H and O–H groups in total. The van der Waals surface area contributed by atoms with Crippen LogP contribution in [0, 0.1) is 0 Å². The molecule has 0 atom stereocenters. The maximum Gasteiger partial charge on any atom is 0.354 e. The van der Waals surface area contributed by atoms with Crippen LogP contribution in [0.5, 0.6) is 0 Å². The maximum absolute atomic E-state index is 12.7. The normalized spacial score (nSPS) is 11.7. The van der Waals surface area contributed by atoms with Crippen LogP contribution in [0.4, 0.5) is 5.82 Å². The van der Waals surface area contributed by atoms with Crippen molar-refractivity contribution < 1.29 is 5.11 Å². The second kappa shape index (κ2) is 5.76. The van der Waals surface area contributed by atoms with Gasteiger partial charge in [-0.05, 0) is 43.7 Å². The summed E-state index contributed by atoms with van der Waals surface area (Å²) in [5.74, 6) is 0.615. The lowest BCUT2D eigenvalue weighted by molar-refractivity contribution is 0.0787. The highest BCUT2D eigenvalue weighted by Crippen LogP contribution is 2.28. The number of benzene rings is 2. The lowest BCUT2D eigenvalue weighted by Gasteiger charge is -2.21. The van der Waals surface area contributed by atoms with Gasteiger partial charge in [0.15, 0.2) is 0 Å². The summed E-state index contributed by atoms with van der Waals surface area (Å²) in [5.41, 5.74) is 0.885. The van der Waals surface area contributed by atoms with Gasteiger partial charge in [0.2, 0.25) is 0 Å². The molecule has 0 unspecified atom stereocenters. The van der Waals surface area contributed by atoms with E-state index in [0.717, 1.165) is 22.2 Å². The van der Waals surface area contributed by atoms with Crippen LogP contribution in [0.1, 0.15) is 19.4 Å². The predicted octanol–water partition coefficient (Wildman–Crippen LogP) is 2.68. The average Bonchev–Trinajstić information content (AvgIpc) is 2.53. The molecule has 5 heteroatoms. The standard InChI is InChI=1S/C19H21N3O2/c1-19(2,24)13-10-11-15-16(12-13)22(14-8-6-5-7-9-14)18(23)20-17(15)21(3)4/h5-12,24H,1-4H3. The molecule has 5 nitrogen and oxygen atoms in total. The molecular weight excluding hydrogens is 302 g/mol. The van der Waals surface area contributed by atoms with Crippen molar-refractivity contribution in [3.8, 4) is 5.69 Å². The summed E-state index contributed by atoms with van der Waals surface area (Å²) >= 11 is 0. The molecule has 124 valence electrons. The van der Waals surface area contributed by atoms with Crippen LogP contribution in [-0.2, 0) is 5.60 Å². The maximum atomic E-state index is 12.7. The molecule has 1 aromatic heterocycles. The molecule has 0 saturated heterocycles. The van der Waals surface area contributed by atoms with Crippen LogP contribution in [-0.4, -0.2) is 28.8 Å². The molecule has 0 bridgehead atoms. The molecule has 3 aromatic rings. The first kappa shape index (κ1) is 16.2. The first-order valence-electron chi connectivity index (χ1n) is 7.81. The van der Waals surface area contributed by atoms with E-state index in [1.165, 1.54) is 0 Å². The quantitative estimate of drug-likeness (QED) is 0.805. The minimum absolute atomic E-state index is 0.342. The predicted molar refractivity (Wildman–Crippen MR) is 96.9 cm³/mol. The molecule has 0 aliphatic heterocycles. The molecule has 0 fully saturated rings. The van der Waals surface area contributed by atoms with Gasteiger partial charge in [-0.15, -0.1) is 0 Å². The second-order valence-corrected chi connectivity index (χ2v) is 6.57. The Labute approximate surface area is 140 Å². The van der Waals surface area contributed by atoms with Crippen LogP contribution in [0.15, 0.2) is 53.3 Å². The van der Waals surface area contributed by atoms with Gasteiger partial charge < -0.3 is 10.0 Å². The van der Waals surface area contributed by atoms with Gasteiger partial charge >= 0.3 is 5.69 Å². The van der Waals surface area contributed by atoms with Gasteiger partial charge in [0.05, 0.1) is 16.8 Å². The van der Waals surface area contributed by atoms with Gasteiger partial charge in [0.1, 0.15) is 5.82 Å². The Morgan fingerprint density at radius 1 is 1.08 bits per heavy atom. The summed E-state index contributed by atoms with van der Waals surface area (Å²) in [4.78, 5) is 18.7. The zero-order valence-corrected chi connectivity index (χ0v) is 14.3. The highest BCUT2D eigenvalue weighted by atomic mass is 16.3. The van der Waals surface area contributed by atoms with Crippen molar-refractivity contribution in [1.82, 2.24) is 9.55 Å². The Morgan fingerprint density at radius 2 is 1.75 bits per heavy atom. The molecule has 0 radical (unpaired) electrons. The smallest absolute Gasteiger partial charge is 0.354 e. The van der Waals surface area contributed by atoms with Crippen molar-refractivity contribution in [3.05, 3.63) is 64.6 Å². The number of aliphatic hydroxyl groups is 1. The third kappa shape index (κ3) is 2.78. The molecule has 0 spiro atoms. The van der Waals surface area contributed by atoms with Gasteiger partial charge in [-0.2, -0.15) is 4.98 Å². The van der Waals surface area contributed by atoms with Gasteiger partial charge in [-0.3, -0.25) is 4.57 Å². The largest absolute Gasteiger partial charge is 0.386 e. The molecule has 24 heavy (non-hydrogen) atoms. The Balaban J connectivity index is 2.44. The van der Waals surface area contributed by atoms with Crippen molar-refractivity contribution in [3.63, 3.8) is 0 Å². The first-order valence-corrected chi connectivity index (χ1v) is 7.81. The van der Waals surface area contributed by atoms with Crippen LogP contribution in [0.3, 0.4) is 0 Å². The molecule has 0 aliphatic rings. The fourth-order valence-corrected chi connectivity index (χ4v) is 2.76. The number of anilines is 1. The lowest BCUT2D eigenvalue weighted by atomic mass is 9.97. The van der Waals surface area contributed by atoms with Crippen LogP contribution >= 0.6 is 0 Å². The minimum atomic E-state index is -0.993. The van der Waals surface area contributed by atoms with Crippen LogP contribution < -0.4 is 10.6 Å². The van der Waals surface area contributed by atoms with E-state index in [4.69, 9.17) is 0 Å². The zero-order valence-electron chi connectivity index (χ0n) is 14.3. The minimum Gasteiger partial charge on any atom is -0.386 e. The summed E-state index contributed by atoms with van der Waals surface area (Å²) < 4.78 is 1.58. The van der Waals surface area contributed by atoms with E-state index in [1.54, 1.807) is 18.4 Å². The van der Waals surface area contributed by atoms with E-state index < -0.39 is 5.60 Å². The fourth-order valence-electron chi connectivity index (χ4n) is 2.76. The molecule has 0 amide bonds. The van der Waals surface area contributed by atoms with Crippen molar-refractivity contribution in [1.29, 1.82) is 0 Å². The fraction of sp³-hybridized carbons (Fsp3) is 0.263. The Kier molecular flexibility index (Phi) is 3.89. The number of rotatable bonds is 3. The van der Waals surface area contributed by atoms with Gasteiger partial charge in [-0.25, -0.2) is 4.79 Å². The van der Waals surface area contributed by atoms with E-state index in [9.17, 15) is 9.90 Å². The highest BCUT2D eigenvalue weighted by molar-refractivity contribution is 5.91. The second-order valence-electron chi connectivity index (χ2n) is 6.57. The number of aromatic nitrogens is 2. The van der Waals surface area contributed by atoms with Gasteiger partial charge in [-0.1, -0.05) is 24.3 Å². The number of hydrogen-bond donors (Lipinski definition) is 1. The van der Waals surface area contributed by atoms with Crippen LogP contribution in [0.2, 0.25) is 0 Å². The highest BCUT2D eigenvalue weighted by Gasteiger charge is 2.19. The van der Waals surface area contributed by atoms with Crippen molar-refractivity contribution >= 4 is 16.7 Å². The van der Waals surface area contributed by atoms with Crippen molar-refractivity contribution in [2.24, 2.45) is 0 Å². The average molecular weight is 323 g/mol. The SMILES string of the molecule is CN(C)c1nc(=O)n(-c2ccccc2)c2cc(C(C)(C)O)ccc12. The lowest BCUT2D eigenvalue weighted by Crippen LogP contribution is -2.26. The Bertz CT molecular complexity index is 938. The third-order valence-corrected chi connectivity index (χ3v) is 4.02. The molecule has 0 aliphatic carbocycles. The molecule has 3 rings (SSSR count). The van der Waals surface area contributed by atoms with Crippen LogP contribution in [0.25, 0.3) is 16.6 Å². The van der Waals surface area contributed by atoms with Crippen molar-refractivity contribution in [2.45, 2.75) is 19.4 Å². The van der Waals surface area contributed by atoms with E-state index in [2.05, 4.69) is 4.98 Å². The van der Waals surface area contributed by atoms with E-state index in [0.29, 0.717) is 5.82 Å². The summed E-state index contributed by atoms with van der Waals surface area (Å²) in [7, 11) is 3.72. The molecule has 2 aromatic carbocycles. The molecule has 1 heterocycles.